The third-order valence-electron chi connectivity index (χ3n) is 4.23. The zero-order valence-corrected chi connectivity index (χ0v) is 13.0. The van der Waals surface area contributed by atoms with Crippen LogP contribution in [-0.2, 0) is 9.59 Å². The number of aromatic nitrogens is 2. The van der Waals surface area contributed by atoms with Gasteiger partial charge in [0.2, 0.25) is 11.8 Å². The second kappa shape index (κ2) is 6.09. The van der Waals surface area contributed by atoms with Crippen molar-refractivity contribution in [3.63, 3.8) is 0 Å². The predicted octanol–water partition coefficient (Wildman–Crippen LogP) is 0.968. The normalized spacial score (nSPS) is 26.1. The molecule has 21 heavy (non-hydrogen) atoms. The number of piperidine rings is 1. The van der Waals surface area contributed by atoms with E-state index in [2.05, 4.69) is 9.55 Å². The number of thioether (sulfide) groups is 1. The number of amides is 2. The van der Waals surface area contributed by atoms with E-state index < -0.39 is 0 Å². The number of carbonyl (C=O) groups is 2. The summed E-state index contributed by atoms with van der Waals surface area (Å²) in [5.74, 6) is 1.43. The molecule has 2 aliphatic heterocycles. The van der Waals surface area contributed by atoms with Crippen LogP contribution in [0.15, 0.2) is 18.7 Å². The van der Waals surface area contributed by atoms with Gasteiger partial charge in [-0.3, -0.25) is 9.59 Å². The largest absolute Gasteiger partial charge is 0.339 e. The van der Waals surface area contributed by atoms with E-state index in [9.17, 15) is 9.59 Å². The van der Waals surface area contributed by atoms with Gasteiger partial charge in [0.25, 0.3) is 0 Å². The molecule has 6 nitrogen and oxygen atoms in total. The lowest BCUT2D eigenvalue weighted by molar-refractivity contribution is -0.143. The highest BCUT2D eigenvalue weighted by molar-refractivity contribution is 7.99. The van der Waals surface area contributed by atoms with Crippen LogP contribution >= 0.6 is 11.8 Å². The minimum absolute atomic E-state index is 0.0125. The predicted molar refractivity (Wildman–Crippen MR) is 80.7 cm³/mol. The molecule has 1 aromatic rings. The van der Waals surface area contributed by atoms with E-state index >= 15 is 0 Å². The van der Waals surface area contributed by atoms with Crippen LogP contribution in [0.25, 0.3) is 0 Å². The summed E-state index contributed by atoms with van der Waals surface area (Å²) >= 11 is 1.65. The molecule has 1 aromatic heterocycles. The second-order valence-corrected chi connectivity index (χ2v) is 6.59. The average Bonchev–Trinajstić information content (AvgIpc) is 3.17. The Balaban J connectivity index is 1.68. The molecule has 2 amide bonds. The van der Waals surface area contributed by atoms with E-state index in [0.717, 1.165) is 19.4 Å². The number of nitrogens with zero attached hydrogens (tertiary/aromatic N) is 4. The Bertz CT molecular complexity index is 519. The number of likely N-dealkylation sites (tertiary alicyclic amines) is 1. The van der Waals surface area contributed by atoms with Crippen LogP contribution in [0.5, 0.6) is 0 Å². The van der Waals surface area contributed by atoms with Gasteiger partial charge in [-0.15, -0.1) is 11.8 Å². The number of rotatable bonds is 2. The molecule has 114 valence electrons. The van der Waals surface area contributed by atoms with Crippen molar-refractivity contribution in [1.29, 1.82) is 0 Å². The van der Waals surface area contributed by atoms with Crippen LogP contribution in [0.2, 0.25) is 0 Å². The number of carbonyl (C=O) groups excluding carboxylic acids is 2. The molecule has 0 radical (unpaired) electrons. The van der Waals surface area contributed by atoms with Crippen molar-refractivity contribution in [2.24, 2.45) is 0 Å². The fourth-order valence-electron chi connectivity index (χ4n) is 3.05. The highest BCUT2D eigenvalue weighted by Crippen LogP contribution is 2.26. The minimum Gasteiger partial charge on any atom is -0.339 e. The maximum absolute atomic E-state index is 12.7. The molecular formula is C14H20N4O2S. The SMILES string of the molecule is CC(=O)N1CSC[C@H]1C(=O)N1CCC[C@H](n2ccnc2)C1. The van der Waals surface area contributed by atoms with Gasteiger partial charge >= 0.3 is 0 Å². The summed E-state index contributed by atoms with van der Waals surface area (Å²) in [5, 5.41) is 0. The Morgan fingerprint density at radius 2 is 2.24 bits per heavy atom. The lowest BCUT2D eigenvalue weighted by Gasteiger charge is -2.36. The van der Waals surface area contributed by atoms with Crippen LogP contribution < -0.4 is 0 Å². The Labute approximate surface area is 128 Å². The number of hydrogen-bond donors (Lipinski definition) is 0. The highest BCUT2D eigenvalue weighted by atomic mass is 32.2. The number of imidazole rings is 1. The molecule has 2 atom stereocenters. The quantitative estimate of drug-likeness (QED) is 0.817. The monoisotopic (exact) mass is 308 g/mol. The summed E-state index contributed by atoms with van der Waals surface area (Å²) in [7, 11) is 0. The Kier molecular flexibility index (Phi) is 4.19. The highest BCUT2D eigenvalue weighted by Gasteiger charge is 2.37. The van der Waals surface area contributed by atoms with E-state index in [-0.39, 0.29) is 17.9 Å². The first kappa shape index (κ1) is 14.4. The minimum atomic E-state index is -0.283. The van der Waals surface area contributed by atoms with Crippen molar-refractivity contribution >= 4 is 23.6 Å². The molecule has 0 saturated carbocycles. The fraction of sp³-hybridized carbons (Fsp3) is 0.643. The van der Waals surface area contributed by atoms with Crippen molar-refractivity contribution in [2.75, 3.05) is 24.7 Å². The molecule has 0 spiro atoms. The van der Waals surface area contributed by atoms with Gasteiger partial charge < -0.3 is 14.4 Å². The maximum Gasteiger partial charge on any atom is 0.246 e. The van der Waals surface area contributed by atoms with Crippen LogP contribution in [0.1, 0.15) is 25.8 Å². The molecule has 0 aromatic carbocycles. The second-order valence-electron chi connectivity index (χ2n) is 5.59. The topological polar surface area (TPSA) is 58.4 Å². The lowest BCUT2D eigenvalue weighted by atomic mass is 10.0. The van der Waals surface area contributed by atoms with Gasteiger partial charge in [-0.1, -0.05) is 0 Å². The molecule has 3 rings (SSSR count). The average molecular weight is 308 g/mol. The van der Waals surface area contributed by atoms with Gasteiger partial charge in [-0.25, -0.2) is 4.98 Å². The van der Waals surface area contributed by atoms with E-state index in [1.807, 2.05) is 17.4 Å². The Morgan fingerprint density at radius 1 is 1.38 bits per heavy atom. The van der Waals surface area contributed by atoms with Gasteiger partial charge in [0.15, 0.2) is 0 Å². The standard InChI is InChI=1S/C14H20N4O2S/c1-11(19)18-10-21-8-13(18)14(20)16-5-2-3-12(7-16)17-6-4-15-9-17/h4,6,9,12-13H,2-3,5,7-8,10H2,1H3/t12-,13-/m0/s1. The van der Waals surface area contributed by atoms with Crippen molar-refractivity contribution in [3.8, 4) is 0 Å². The zero-order chi connectivity index (χ0) is 14.8. The number of hydrogen-bond acceptors (Lipinski definition) is 4. The molecule has 0 unspecified atom stereocenters. The summed E-state index contributed by atoms with van der Waals surface area (Å²) in [5.41, 5.74) is 0. The summed E-state index contributed by atoms with van der Waals surface area (Å²) in [6, 6.07) is 0.0130. The van der Waals surface area contributed by atoms with Crippen LogP contribution in [0.3, 0.4) is 0 Å². The third-order valence-corrected chi connectivity index (χ3v) is 5.24. The van der Waals surface area contributed by atoms with E-state index in [1.165, 1.54) is 6.92 Å². The molecular weight excluding hydrogens is 288 g/mol. The first-order valence-corrected chi connectivity index (χ1v) is 8.43. The van der Waals surface area contributed by atoms with Gasteiger partial charge in [-0.2, -0.15) is 0 Å². The Hall–Kier alpha value is -1.50. The molecule has 2 aliphatic rings. The summed E-state index contributed by atoms with van der Waals surface area (Å²) in [6.07, 6.45) is 7.59. The van der Waals surface area contributed by atoms with Crippen LogP contribution in [0, 0.1) is 0 Å². The molecule has 0 N–H and O–H groups in total. The van der Waals surface area contributed by atoms with E-state index in [4.69, 9.17) is 0 Å². The van der Waals surface area contributed by atoms with E-state index in [0.29, 0.717) is 24.2 Å². The van der Waals surface area contributed by atoms with Gasteiger partial charge in [-0.05, 0) is 12.8 Å². The first-order valence-electron chi connectivity index (χ1n) is 7.28. The van der Waals surface area contributed by atoms with Crippen molar-refractivity contribution in [2.45, 2.75) is 31.8 Å². The fourth-order valence-corrected chi connectivity index (χ4v) is 4.26. The molecule has 2 saturated heterocycles. The molecule has 0 aliphatic carbocycles. The molecule has 3 heterocycles. The third kappa shape index (κ3) is 2.92. The van der Waals surface area contributed by atoms with Crippen LogP contribution in [-0.4, -0.2) is 61.9 Å². The Morgan fingerprint density at radius 3 is 2.95 bits per heavy atom. The van der Waals surface area contributed by atoms with Crippen molar-refractivity contribution in [3.05, 3.63) is 18.7 Å². The molecule has 7 heteroatoms. The van der Waals surface area contributed by atoms with Gasteiger partial charge in [0.05, 0.1) is 18.2 Å². The van der Waals surface area contributed by atoms with Gasteiger partial charge in [0.1, 0.15) is 6.04 Å². The van der Waals surface area contributed by atoms with E-state index in [1.54, 1.807) is 22.9 Å². The summed E-state index contributed by atoms with van der Waals surface area (Å²) in [6.45, 7) is 3.04. The zero-order valence-electron chi connectivity index (χ0n) is 12.1. The van der Waals surface area contributed by atoms with Crippen molar-refractivity contribution in [1.82, 2.24) is 19.4 Å². The first-order chi connectivity index (χ1) is 10.2. The summed E-state index contributed by atoms with van der Waals surface area (Å²) < 4.78 is 2.07. The smallest absolute Gasteiger partial charge is 0.246 e. The maximum atomic E-state index is 12.7. The lowest BCUT2D eigenvalue weighted by Crippen LogP contribution is -2.51. The van der Waals surface area contributed by atoms with Gasteiger partial charge in [0, 0.05) is 38.2 Å². The van der Waals surface area contributed by atoms with Crippen LogP contribution in [0.4, 0.5) is 0 Å². The summed E-state index contributed by atoms with van der Waals surface area (Å²) in [4.78, 5) is 32.0. The molecule has 2 fully saturated rings. The van der Waals surface area contributed by atoms with Crippen molar-refractivity contribution < 1.29 is 9.59 Å². The molecule has 0 bridgehead atoms.